The maximum atomic E-state index is 12.0. The molecule has 1 amide bonds. The van der Waals surface area contributed by atoms with Crippen molar-refractivity contribution < 1.29 is 29.4 Å². The van der Waals surface area contributed by atoms with Gasteiger partial charge in [-0.15, -0.1) is 0 Å². The average Bonchev–Trinajstić information content (AvgIpc) is 2.47. The van der Waals surface area contributed by atoms with Gasteiger partial charge in [-0.25, -0.2) is 5.06 Å². The molecule has 126 valence electrons. The molecule has 0 bridgehead atoms. The minimum atomic E-state index is -1.86. The number of halogens is 1. The van der Waals surface area contributed by atoms with E-state index in [1.807, 2.05) is 6.92 Å². The highest BCUT2D eigenvalue weighted by Gasteiger charge is 2.33. The van der Waals surface area contributed by atoms with Crippen LogP contribution in [-0.4, -0.2) is 34.9 Å². The van der Waals surface area contributed by atoms with Gasteiger partial charge < -0.3 is 19.4 Å². The summed E-state index contributed by atoms with van der Waals surface area (Å²) < 4.78 is 11.1. The molecule has 1 aromatic rings. The number of carboxylic acids is 1. The summed E-state index contributed by atoms with van der Waals surface area (Å²) in [4.78, 5) is 23.0. The standard InChI is InChI=1S/C15H18ClNO6/c1-8-7-22-11-4-9(10(16)5-12(11)23-8)6-17(21)13(18)15(2,3)14(19)20/h4-5,8,21H,6-7H2,1-3H3,(H,19,20)/p-1. The first-order valence-corrected chi connectivity index (χ1v) is 7.35. The van der Waals surface area contributed by atoms with Gasteiger partial charge in [0.15, 0.2) is 11.5 Å². The van der Waals surface area contributed by atoms with Crippen molar-refractivity contribution in [2.75, 3.05) is 6.61 Å². The molecule has 0 fully saturated rings. The second-order valence-electron chi connectivity index (χ2n) is 5.91. The first kappa shape index (κ1) is 17.4. The normalized spacial score (nSPS) is 16.8. The molecule has 1 heterocycles. The summed E-state index contributed by atoms with van der Waals surface area (Å²) >= 11 is 6.12. The summed E-state index contributed by atoms with van der Waals surface area (Å²) in [5.74, 6) is -1.66. The van der Waals surface area contributed by atoms with Crippen LogP contribution in [0.3, 0.4) is 0 Å². The fraction of sp³-hybridized carbons (Fsp3) is 0.467. The van der Waals surface area contributed by atoms with Crippen molar-refractivity contribution in [2.24, 2.45) is 5.41 Å². The number of nitrogens with zero attached hydrogens (tertiary/aromatic N) is 1. The molecule has 7 nitrogen and oxygen atoms in total. The number of hydrogen-bond acceptors (Lipinski definition) is 6. The summed E-state index contributed by atoms with van der Waals surface area (Å²) in [7, 11) is 0. The highest BCUT2D eigenvalue weighted by molar-refractivity contribution is 6.31. The van der Waals surface area contributed by atoms with E-state index in [2.05, 4.69) is 0 Å². The fourth-order valence-electron chi connectivity index (χ4n) is 2.00. The third-order valence-electron chi connectivity index (χ3n) is 3.51. The number of carbonyl (C=O) groups is 2. The Labute approximate surface area is 138 Å². The molecule has 0 spiro atoms. The second-order valence-corrected chi connectivity index (χ2v) is 6.31. The van der Waals surface area contributed by atoms with E-state index >= 15 is 0 Å². The number of aliphatic carboxylic acids is 1. The van der Waals surface area contributed by atoms with E-state index in [0.29, 0.717) is 28.7 Å². The number of hydroxylamine groups is 2. The quantitative estimate of drug-likeness (QED) is 0.498. The summed E-state index contributed by atoms with van der Waals surface area (Å²) in [6, 6.07) is 3.08. The van der Waals surface area contributed by atoms with Gasteiger partial charge in [0, 0.05) is 11.1 Å². The molecule has 2 rings (SSSR count). The SMILES string of the molecule is CC1COc2cc(CN(O)C(=O)C(C)(C)C(=O)[O-])c(Cl)cc2O1. The summed E-state index contributed by atoms with van der Waals surface area (Å²) in [5.41, 5.74) is -1.46. The van der Waals surface area contributed by atoms with Crippen molar-refractivity contribution in [3.05, 3.63) is 22.7 Å². The second kappa shape index (κ2) is 6.25. The number of fused-ring (bicyclic) bond motifs is 1. The fourth-order valence-corrected chi connectivity index (χ4v) is 2.22. The van der Waals surface area contributed by atoms with Crippen LogP contribution in [0.25, 0.3) is 0 Å². The predicted molar refractivity (Wildman–Crippen MR) is 78.2 cm³/mol. The number of ether oxygens (including phenoxy) is 2. The third kappa shape index (κ3) is 3.51. The maximum Gasteiger partial charge on any atom is 0.257 e. The molecule has 0 radical (unpaired) electrons. The van der Waals surface area contributed by atoms with Crippen molar-refractivity contribution in [2.45, 2.75) is 33.4 Å². The lowest BCUT2D eigenvalue weighted by atomic mass is 9.92. The Bertz CT molecular complexity index is 645. The first-order chi connectivity index (χ1) is 10.6. The number of amides is 1. The predicted octanol–water partition coefficient (Wildman–Crippen LogP) is 0.994. The molecule has 1 N–H and O–H groups in total. The van der Waals surface area contributed by atoms with Gasteiger partial charge >= 0.3 is 0 Å². The van der Waals surface area contributed by atoms with E-state index in [1.165, 1.54) is 6.07 Å². The summed E-state index contributed by atoms with van der Waals surface area (Å²) in [6.45, 7) is 4.23. The van der Waals surface area contributed by atoms with Crippen molar-refractivity contribution in [1.82, 2.24) is 5.06 Å². The van der Waals surface area contributed by atoms with Crippen LogP contribution in [0.5, 0.6) is 11.5 Å². The highest BCUT2D eigenvalue weighted by Crippen LogP contribution is 2.37. The lowest BCUT2D eigenvalue weighted by Gasteiger charge is -2.29. The Morgan fingerprint density at radius 3 is 2.70 bits per heavy atom. The molecule has 0 saturated carbocycles. The zero-order valence-corrected chi connectivity index (χ0v) is 13.7. The molecular weight excluding hydrogens is 326 g/mol. The highest BCUT2D eigenvalue weighted by atomic mass is 35.5. The molecule has 0 aliphatic carbocycles. The van der Waals surface area contributed by atoms with E-state index in [9.17, 15) is 19.9 Å². The summed E-state index contributed by atoms with van der Waals surface area (Å²) in [5, 5.41) is 21.4. The van der Waals surface area contributed by atoms with Crippen LogP contribution in [0.4, 0.5) is 0 Å². The van der Waals surface area contributed by atoms with E-state index in [1.54, 1.807) is 6.07 Å². The van der Waals surface area contributed by atoms with Gasteiger partial charge in [-0.3, -0.25) is 10.0 Å². The van der Waals surface area contributed by atoms with Crippen molar-refractivity contribution in [1.29, 1.82) is 0 Å². The van der Waals surface area contributed by atoms with E-state index in [-0.39, 0.29) is 17.7 Å². The van der Waals surface area contributed by atoms with Crippen LogP contribution in [0.15, 0.2) is 12.1 Å². The number of rotatable bonds is 4. The molecule has 1 aliphatic rings. The minimum Gasteiger partial charge on any atom is -0.549 e. The smallest absolute Gasteiger partial charge is 0.257 e. The number of carbonyl (C=O) groups excluding carboxylic acids is 2. The zero-order valence-electron chi connectivity index (χ0n) is 13.0. The van der Waals surface area contributed by atoms with E-state index in [0.717, 1.165) is 13.8 Å². The van der Waals surface area contributed by atoms with Gasteiger partial charge in [0.1, 0.15) is 12.7 Å². The molecule has 23 heavy (non-hydrogen) atoms. The van der Waals surface area contributed by atoms with Crippen LogP contribution < -0.4 is 14.6 Å². The monoisotopic (exact) mass is 342 g/mol. The Morgan fingerprint density at radius 2 is 2.09 bits per heavy atom. The maximum absolute atomic E-state index is 12.0. The zero-order chi connectivity index (χ0) is 17.4. The Hall–Kier alpha value is -1.99. The van der Waals surface area contributed by atoms with Gasteiger partial charge in [0.25, 0.3) is 5.91 Å². The van der Waals surface area contributed by atoms with Crippen LogP contribution in [0, 0.1) is 5.41 Å². The lowest BCUT2D eigenvalue weighted by Crippen LogP contribution is -2.49. The Morgan fingerprint density at radius 1 is 1.43 bits per heavy atom. The molecule has 1 aliphatic heterocycles. The first-order valence-electron chi connectivity index (χ1n) is 6.97. The molecule has 1 atom stereocenters. The number of hydrogen-bond donors (Lipinski definition) is 1. The number of benzene rings is 1. The third-order valence-corrected chi connectivity index (χ3v) is 3.87. The van der Waals surface area contributed by atoms with Crippen LogP contribution in [0.1, 0.15) is 26.3 Å². The molecule has 8 heteroatoms. The molecule has 1 unspecified atom stereocenters. The minimum absolute atomic E-state index is 0.107. The summed E-state index contributed by atoms with van der Waals surface area (Å²) in [6.07, 6.45) is -0.107. The molecular formula is C15H17ClNO6-. The number of carboxylic acid groups (broad SMARTS) is 1. The van der Waals surface area contributed by atoms with Gasteiger partial charge in [-0.05, 0) is 32.4 Å². The van der Waals surface area contributed by atoms with Crippen LogP contribution >= 0.6 is 11.6 Å². The van der Waals surface area contributed by atoms with E-state index < -0.39 is 17.3 Å². The average molecular weight is 343 g/mol. The Balaban J connectivity index is 2.20. The molecule has 0 aromatic heterocycles. The van der Waals surface area contributed by atoms with E-state index in [4.69, 9.17) is 21.1 Å². The van der Waals surface area contributed by atoms with Gasteiger partial charge in [-0.2, -0.15) is 0 Å². The molecule has 0 saturated heterocycles. The van der Waals surface area contributed by atoms with Gasteiger partial charge in [-0.1, -0.05) is 11.6 Å². The van der Waals surface area contributed by atoms with Crippen LogP contribution in [-0.2, 0) is 16.1 Å². The largest absolute Gasteiger partial charge is 0.549 e. The van der Waals surface area contributed by atoms with Crippen LogP contribution in [0.2, 0.25) is 5.02 Å². The van der Waals surface area contributed by atoms with Gasteiger partial charge in [0.05, 0.1) is 17.9 Å². The topological polar surface area (TPSA) is 99.1 Å². The molecule has 1 aromatic carbocycles. The van der Waals surface area contributed by atoms with Crippen molar-refractivity contribution in [3.8, 4) is 11.5 Å². The van der Waals surface area contributed by atoms with Gasteiger partial charge in [0.2, 0.25) is 0 Å². The van der Waals surface area contributed by atoms with Crippen molar-refractivity contribution in [3.63, 3.8) is 0 Å². The van der Waals surface area contributed by atoms with Crippen molar-refractivity contribution >= 4 is 23.5 Å². The lowest BCUT2D eigenvalue weighted by molar-refractivity contribution is -0.317. The Kier molecular flexibility index (Phi) is 4.72.